The van der Waals surface area contributed by atoms with Gasteiger partial charge in [0.15, 0.2) is 11.0 Å². The maximum atomic E-state index is 13.8. The first-order chi connectivity index (χ1) is 14.9. The van der Waals surface area contributed by atoms with Gasteiger partial charge >= 0.3 is 0 Å². The van der Waals surface area contributed by atoms with Crippen LogP contribution in [0.3, 0.4) is 0 Å². The number of nitrogens with one attached hydrogen (secondary N) is 2. The lowest BCUT2D eigenvalue weighted by Gasteiger charge is -2.14. The lowest BCUT2D eigenvalue weighted by atomic mass is 10.2. The van der Waals surface area contributed by atoms with Gasteiger partial charge in [-0.3, -0.25) is 9.59 Å². The van der Waals surface area contributed by atoms with Crippen LogP contribution in [0, 0.1) is 5.82 Å². The van der Waals surface area contributed by atoms with E-state index in [9.17, 15) is 14.0 Å². The van der Waals surface area contributed by atoms with Crippen molar-refractivity contribution >= 4 is 29.3 Å². The van der Waals surface area contributed by atoms with Crippen LogP contribution in [0.4, 0.5) is 10.1 Å². The molecule has 10 heteroatoms. The smallest absolute Gasteiger partial charge is 0.254 e. The van der Waals surface area contributed by atoms with Crippen LogP contribution in [0.5, 0.6) is 5.75 Å². The van der Waals surface area contributed by atoms with Gasteiger partial charge in [-0.05, 0) is 31.2 Å². The monoisotopic (exact) mass is 443 g/mol. The number of nitrogens with zero attached hydrogens (tertiary/aromatic N) is 3. The first-order valence-corrected chi connectivity index (χ1v) is 10.4. The number of amides is 2. The quantitative estimate of drug-likeness (QED) is 0.519. The molecule has 3 rings (SSSR count). The summed E-state index contributed by atoms with van der Waals surface area (Å²) in [6.45, 7) is 1.73. The highest BCUT2D eigenvalue weighted by Gasteiger charge is 2.20. The summed E-state index contributed by atoms with van der Waals surface area (Å²) in [5.74, 6) is -0.195. The summed E-state index contributed by atoms with van der Waals surface area (Å²) in [6.07, 6.45) is 0. The first-order valence-electron chi connectivity index (χ1n) is 9.41. The topological polar surface area (TPSA) is 98.1 Å². The van der Waals surface area contributed by atoms with Crippen LogP contribution in [-0.4, -0.2) is 39.4 Å². The molecule has 0 fully saturated rings. The Hall–Kier alpha value is -3.40. The number of para-hydroxylation sites is 2. The Balaban J connectivity index is 1.60. The van der Waals surface area contributed by atoms with Crippen LogP contribution in [-0.2, 0) is 11.8 Å². The molecule has 1 heterocycles. The van der Waals surface area contributed by atoms with Gasteiger partial charge in [-0.25, -0.2) is 4.39 Å². The average Bonchev–Trinajstić information content (AvgIpc) is 3.13. The Labute approximate surface area is 183 Å². The van der Waals surface area contributed by atoms with Crippen molar-refractivity contribution < 1.29 is 18.7 Å². The number of hydrogen-bond acceptors (Lipinski definition) is 6. The van der Waals surface area contributed by atoms with Crippen molar-refractivity contribution in [3.63, 3.8) is 0 Å². The van der Waals surface area contributed by atoms with Crippen LogP contribution >= 0.6 is 11.8 Å². The molecule has 0 saturated carbocycles. The van der Waals surface area contributed by atoms with Crippen LogP contribution in [0.1, 0.15) is 29.1 Å². The maximum Gasteiger partial charge on any atom is 0.254 e. The highest BCUT2D eigenvalue weighted by atomic mass is 32.2. The number of thioether (sulfide) groups is 1. The zero-order valence-corrected chi connectivity index (χ0v) is 18.1. The molecule has 1 atom stereocenters. The third-order valence-electron chi connectivity index (χ3n) is 4.44. The van der Waals surface area contributed by atoms with Crippen molar-refractivity contribution in [2.24, 2.45) is 7.05 Å². The van der Waals surface area contributed by atoms with E-state index in [0.29, 0.717) is 22.4 Å². The summed E-state index contributed by atoms with van der Waals surface area (Å²) in [6, 6.07) is 12.4. The number of rotatable bonds is 8. The minimum atomic E-state index is -0.595. The number of anilines is 1. The summed E-state index contributed by atoms with van der Waals surface area (Å²) in [7, 11) is 3.27. The summed E-state index contributed by atoms with van der Waals surface area (Å²) >= 11 is 1.21. The molecule has 2 N–H and O–H groups in total. The van der Waals surface area contributed by atoms with Crippen molar-refractivity contribution in [1.82, 2.24) is 20.1 Å². The molecular formula is C21H22FN5O3S. The van der Waals surface area contributed by atoms with E-state index >= 15 is 0 Å². The highest BCUT2D eigenvalue weighted by Crippen LogP contribution is 2.24. The fourth-order valence-corrected chi connectivity index (χ4v) is 3.60. The third kappa shape index (κ3) is 5.40. The van der Waals surface area contributed by atoms with E-state index in [4.69, 9.17) is 4.74 Å². The Kier molecular flexibility index (Phi) is 7.24. The fraction of sp³-hybridized carbons (Fsp3) is 0.238. The van der Waals surface area contributed by atoms with Gasteiger partial charge in [-0.1, -0.05) is 36.0 Å². The van der Waals surface area contributed by atoms with E-state index in [2.05, 4.69) is 20.8 Å². The number of methoxy groups -OCH3 is 1. The van der Waals surface area contributed by atoms with Gasteiger partial charge < -0.3 is 19.9 Å². The molecule has 0 radical (unpaired) electrons. The van der Waals surface area contributed by atoms with E-state index in [1.54, 1.807) is 42.8 Å². The number of benzene rings is 2. The second-order valence-corrected chi connectivity index (χ2v) is 7.55. The molecule has 2 aromatic carbocycles. The SMILES string of the molecule is COc1ccccc1NC(=O)CSc1nnc([C@@H](C)NC(=O)c2ccccc2F)n1C. The summed E-state index contributed by atoms with van der Waals surface area (Å²) in [4.78, 5) is 24.6. The summed E-state index contributed by atoms with van der Waals surface area (Å²) < 4.78 is 20.7. The van der Waals surface area contributed by atoms with E-state index in [-0.39, 0.29) is 17.2 Å². The number of carbonyl (C=O) groups is 2. The van der Waals surface area contributed by atoms with Gasteiger partial charge in [0.25, 0.3) is 5.91 Å². The van der Waals surface area contributed by atoms with Crippen molar-refractivity contribution in [1.29, 1.82) is 0 Å². The van der Waals surface area contributed by atoms with Gasteiger partial charge in [-0.15, -0.1) is 10.2 Å². The molecule has 0 spiro atoms. The third-order valence-corrected chi connectivity index (χ3v) is 5.46. The second-order valence-electron chi connectivity index (χ2n) is 6.61. The molecule has 0 aliphatic rings. The van der Waals surface area contributed by atoms with E-state index in [1.807, 2.05) is 6.07 Å². The van der Waals surface area contributed by atoms with E-state index in [1.165, 1.54) is 37.1 Å². The molecule has 0 bridgehead atoms. The zero-order chi connectivity index (χ0) is 22.4. The molecule has 31 heavy (non-hydrogen) atoms. The Morgan fingerprint density at radius 1 is 1.16 bits per heavy atom. The minimum absolute atomic E-state index is 0.0425. The Morgan fingerprint density at radius 2 is 1.87 bits per heavy atom. The lowest BCUT2D eigenvalue weighted by Crippen LogP contribution is -2.29. The standard InChI is InChI=1S/C21H22FN5O3S/c1-13(23-20(29)14-8-4-5-9-15(14)22)19-25-26-21(27(19)2)31-12-18(28)24-16-10-6-7-11-17(16)30-3/h4-11,13H,12H2,1-3H3,(H,23,29)(H,24,28)/t13-/m1/s1. The lowest BCUT2D eigenvalue weighted by molar-refractivity contribution is -0.113. The largest absolute Gasteiger partial charge is 0.495 e. The number of ether oxygens (including phenoxy) is 1. The van der Waals surface area contributed by atoms with Gasteiger partial charge in [0.1, 0.15) is 11.6 Å². The van der Waals surface area contributed by atoms with E-state index < -0.39 is 17.8 Å². The molecule has 2 amide bonds. The van der Waals surface area contributed by atoms with Gasteiger partial charge in [0, 0.05) is 7.05 Å². The molecule has 0 unspecified atom stereocenters. The number of halogens is 1. The molecule has 0 aliphatic carbocycles. The van der Waals surface area contributed by atoms with Gasteiger partial charge in [0.05, 0.1) is 30.2 Å². The minimum Gasteiger partial charge on any atom is -0.495 e. The van der Waals surface area contributed by atoms with Crippen LogP contribution in [0.15, 0.2) is 53.7 Å². The summed E-state index contributed by atoms with van der Waals surface area (Å²) in [5, 5.41) is 14.2. The molecule has 1 aromatic heterocycles. The molecule has 0 saturated heterocycles. The summed E-state index contributed by atoms with van der Waals surface area (Å²) in [5.41, 5.74) is 0.540. The first kappa shape index (κ1) is 22.3. The highest BCUT2D eigenvalue weighted by molar-refractivity contribution is 7.99. The Morgan fingerprint density at radius 3 is 2.61 bits per heavy atom. The Bertz CT molecular complexity index is 1090. The molecule has 162 valence electrons. The molecule has 8 nitrogen and oxygen atoms in total. The molecule has 0 aliphatic heterocycles. The predicted octanol–water partition coefficient (Wildman–Crippen LogP) is 3.18. The van der Waals surface area contributed by atoms with Crippen molar-refractivity contribution in [2.45, 2.75) is 18.1 Å². The van der Waals surface area contributed by atoms with Crippen LogP contribution in [0.25, 0.3) is 0 Å². The maximum absolute atomic E-state index is 13.8. The molecule has 3 aromatic rings. The van der Waals surface area contributed by atoms with E-state index in [0.717, 1.165) is 0 Å². The normalized spacial score (nSPS) is 11.6. The number of hydrogen-bond donors (Lipinski definition) is 2. The van der Waals surface area contributed by atoms with Crippen LogP contribution < -0.4 is 15.4 Å². The van der Waals surface area contributed by atoms with Gasteiger partial charge in [-0.2, -0.15) is 0 Å². The van der Waals surface area contributed by atoms with Crippen molar-refractivity contribution in [3.8, 4) is 5.75 Å². The van der Waals surface area contributed by atoms with Crippen molar-refractivity contribution in [3.05, 3.63) is 65.7 Å². The van der Waals surface area contributed by atoms with Crippen LogP contribution in [0.2, 0.25) is 0 Å². The fourth-order valence-electron chi connectivity index (χ4n) is 2.88. The second kappa shape index (κ2) is 10.1. The average molecular weight is 444 g/mol. The number of aromatic nitrogens is 3. The van der Waals surface area contributed by atoms with Gasteiger partial charge in [0.2, 0.25) is 5.91 Å². The number of carbonyl (C=O) groups excluding carboxylic acids is 2. The molecular weight excluding hydrogens is 421 g/mol. The predicted molar refractivity (Wildman–Crippen MR) is 116 cm³/mol. The zero-order valence-electron chi connectivity index (χ0n) is 17.3. The van der Waals surface area contributed by atoms with Crippen molar-refractivity contribution in [2.75, 3.05) is 18.2 Å².